The molecule has 1 N–H and O–H groups in total. The molecule has 0 aliphatic carbocycles. The maximum atomic E-state index is 13.9. The Balaban J connectivity index is 1.84. The maximum Gasteiger partial charge on any atom is 0.333 e. The molecule has 0 saturated heterocycles. The topological polar surface area (TPSA) is 82.6 Å². The van der Waals surface area contributed by atoms with Gasteiger partial charge in [-0.05, 0) is 37.6 Å². The van der Waals surface area contributed by atoms with Gasteiger partial charge >= 0.3 is 5.69 Å². The predicted molar refractivity (Wildman–Crippen MR) is 123 cm³/mol. The lowest BCUT2D eigenvalue weighted by atomic mass is 10.0. The van der Waals surface area contributed by atoms with Gasteiger partial charge < -0.3 is 5.32 Å². The number of nitrogens with zero attached hydrogens (tertiary/aromatic N) is 6. The summed E-state index contributed by atoms with van der Waals surface area (Å²) in [7, 11) is 3.39. The molecule has 4 heterocycles. The van der Waals surface area contributed by atoms with Crippen molar-refractivity contribution in [2.45, 2.75) is 20.4 Å². The van der Waals surface area contributed by atoms with Crippen LogP contribution < -0.4 is 11.0 Å². The van der Waals surface area contributed by atoms with E-state index in [0.29, 0.717) is 12.2 Å². The molecule has 5 rings (SSSR count). The van der Waals surface area contributed by atoms with Gasteiger partial charge in [-0.3, -0.25) is 18.8 Å². The number of nitrogens with one attached hydrogen (secondary N) is 1. The Morgan fingerprint density at radius 3 is 2.66 bits per heavy atom. The molecular weight excluding hydrogens is 409 g/mol. The molecule has 0 atom stereocenters. The number of halogens is 1. The van der Waals surface area contributed by atoms with Crippen molar-refractivity contribution in [2.24, 2.45) is 7.05 Å². The van der Waals surface area contributed by atoms with Crippen molar-refractivity contribution in [3.8, 4) is 16.8 Å². The number of benzene rings is 1. The average Bonchev–Trinajstić information content (AvgIpc) is 3.30. The lowest BCUT2D eigenvalue weighted by Crippen LogP contribution is -2.21. The van der Waals surface area contributed by atoms with Crippen LogP contribution in [0.4, 0.5) is 10.1 Å². The summed E-state index contributed by atoms with van der Waals surface area (Å²) in [6, 6.07) is 7.50. The van der Waals surface area contributed by atoms with E-state index in [-0.39, 0.29) is 5.69 Å². The lowest BCUT2D eigenvalue weighted by Gasteiger charge is -2.09. The van der Waals surface area contributed by atoms with E-state index < -0.39 is 5.95 Å². The summed E-state index contributed by atoms with van der Waals surface area (Å²) < 4.78 is 19.0. The van der Waals surface area contributed by atoms with Crippen molar-refractivity contribution in [1.82, 2.24) is 28.9 Å². The van der Waals surface area contributed by atoms with E-state index in [4.69, 9.17) is 0 Å². The van der Waals surface area contributed by atoms with Crippen LogP contribution in [0.15, 0.2) is 47.7 Å². The van der Waals surface area contributed by atoms with Crippen molar-refractivity contribution >= 4 is 27.6 Å². The van der Waals surface area contributed by atoms with Crippen LogP contribution in [-0.4, -0.2) is 35.9 Å². The summed E-state index contributed by atoms with van der Waals surface area (Å²) in [4.78, 5) is 21.7. The molecule has 0 aliphatic rings. The number of anilines is 1. The van der Waals surface area contributed by atoms with Gasteiger partial charge in [-0.2, -0.15) is 9.49 Å². The zero-order chi connectivity index (χ0) is 22.6. The minimum absolute atomic E-state index is 0.167. The van der Waals surface area contributed by atoms with Crippen LogP contribution in [0, 0.1) is 12.9 Å². The van der Waals surface area contributed by atoms with E-state index in [2.05, 4.69) is 20.4 Å². The van der Waals surface area contributed by atoms with Gasteiger partial charge in [0, 0.05) is 44.0 Å². The number of hydrogen-bond donors (Lipinski definition) is 1. The van der Waals surface area contributed by atoms with E-state index in [1.807, 2.05) is 42.9 Å². The molecule has 0 spiro atoms. The molecule has 162 valence electrons. The van der Waals surface area contributed by atoms with E-state index in [9.17, 15) is 9.18 Å². The second-order valence-electron chi connectivity index (χ2n) is 7.67. The van der Waals surface area contributed by atoms with Crippen molar-refractivity contribution < 1.29 is 4.39 Å². The van der Waals surface area contributed by atoms with Gasteiger partial charge in [-0.1, -0.05) is 6.07 Å². The highest BCUT2D eigenvalue weighted by Gasteiger charge is 2.19. The normalized spacial score (nSPS) is 11.5. The second-order valence-corrected chi connectivity index (χ2v) is 7.67. The van der Waals surface area contributed by atoms with Gasteiger partial charge in [0.25, 0.3) is 0 Å². The van der Waals surface area contributed by atoms with Crippen LogP contribution in [0.1, 0.15) is 12.6 Å². The van der Waals surface area contributed by atoms with Gasteiger partial charge in [0.1, 0.15) is 0 Å². The van der Waals surface area contributed by atoms with E-state index >= 15 is 0 Å². The van der Waals surface area contributed by atoms with Gasteiger partial charge in [-0.25, -0.2) is 9.78 Å². The minimum Gasteiger partial charge on any atom is -0.384 e. The first-order valence-electron chi connectivity index (χ1n) is 10.3. The number of aromatic nitrogens is 6. The fraction of sp³-hybridized carbons (Fsp3) is 0.217. The third kappa shape index (κ3) is 2.89. The molecule has 8 nitrogen and oxygen atoms in total. The van der Waals surface area contributed by atoms with Crippen molar-refractivity contribution in [3.05, 3.63) is 65.0 Å². The highest BCUT2D eigenvalue weighted by molar-refractivity contribution is 6.04. The monoisotopic (exact) mass is 431 g/mol. The van der Waals surface area contributed by atoms with Crippen molar-refractivity contribution in [3.63, 3.8) is 0 Å². The zero-order valence-corrected chi connectivity index (χ0v) is 18.2. The molecule has 9 heteroatoms. The van der Waals surface area contributed by atoms with Crippen LogP contribution in [0.25, 0.3) is 38.8 Å². The van der Waals surface area contributed by atoms with Crippen LogP contribution in [0.3, 0.4) is 0 Å². The Hall–Kier alpha value is -4.01. The summed E-state index contributed by atoms with van der Waals surface area (Å²) in [6.07, 6.45) is 5.10. The fourth-order valence-corrected chi connectivity index (χ4v) is 4.07. The first kappa shape index (κ1) is 19.9. The SMILES string of the molecule is CCn1cc(-n2c(=O)n(C)c3cnc4ccc(-c5cnc(F)c(NC)c5)cc4c32)c(C)n1. The highest BCUT2D eigenvalue weighted by Crippen LogP contribution is 2.31. The number of fused-ring (bicyclic) bond motifs is 3. The quantitative estimate of drug-likeness (QED) is 0.439. The van der Waals surface area contributed by atoms with Crippen molar-refractivity contribution in [2.75, 3.05) is 12.4 Å². The molecule has 5 aromatic rings. The Kier molecular flexibility index (Phi) is 4.54. The third-order valence-corrected chi connectivity index (χ3v) is 5.81. The lowest BCUT2D eigenvalue weighted by molar-refractivity contribution is 0.588. The van der Waals surface area contributed by atoms with E-state index in [1.165, 1.54) is 6.20 Å². The molecule has 0 bridgehead atoms. The van der Waals surface area contributed by atoms with E-state index in [1.54, 1.807) is 35.5 Å². The van der Waals surface area contributed by atoms with Gasteiger partial charge in [0.2, 0.25) is 5.95 Å². The summed E-state index contributed by atoms with van der Waals surface area (Å²) in [5, 5.41) is 8.15. The number of aryl methyl sites for hydroxylation is 3. The summed E-state index contributed by atoms with van der Waals surface area (Å²) >= 11 is 0. The van der Waals surface area contributed by atoms with Gasteiger partial charge in [0.15, 0.2) is 0 Å². The molecule has 0 fully saturated rings. The smallest absolute Gasteiger partial charge is 0.333 e. The minimum atomic E-state index is -0.554. The summed E-state index contributed by atoms with van der Waals surface area (Å²) in [5.41, 5.74) is 5.49. The first-order valence-corrected chi connectivity index (χ1v) is 10.3. The van der Waals surface area contributed by atoms with Gasteiger partial charge in [0.05, 0.1) is 39.8 Å². The van der Waals surface area contributed by atoms with Crippen LogP contribution in [-0.2, 0) is 13.6 Å². The molecule has 4 aromatic heterocycles. The predicted octanol–water partition coefficient (Wildman–Crippen LogP) is 3.65. The number of pyridine rings is 2. The average molecular weight is 431 g/mol. The number of rotatable bonds is 4. The Morgan fingerprint density at radius 2 is 1.94 bits per heavy atom. The zero-order valence-electron chi connectivity index (χ0n) is 18.2. The molecule has 0 aliphatic heterocycles. The Labute approximate surface area is 183 Å². The highest BCUT2D eigenvalue weighted by atomic mass is 19.1. The fourth-order valence-electron chi connectivity index (χ4n) is 4.07. The molecule has 0 saturated carbocycles. The standard InChI is InChI=1S/C23H22FN7O/c1-5-30-12-20(13(2)28-30)31-21-16-8-14(15-9-18(25-3)22(24)27-10-15)6-7-17(16)26-11-19(21)29(4)23(31)32/h6-12,25H,5H2,1-4H3. The third-order valence-electron chi connectivity index (χ3n) is 5.81. The van der Waals surface area contributed by atoms with Crippen LogP contribution in [0.2, 0.25) is 0 Å². The largest absolute Gasteiger partial charge is 0.384 e. The van der Waals surface area contributed by atoms with E-state index in [0.717, 1.165) is 44.4 Å². The van der Waals surface area contributed by atoms with Crippen LogP contribution >= 0.6 is 0 Å². The Morgan fingerprint density at radius 1 is 1.12 bits per heavy atom. The van der Waals surface area contributed by atoms with Gasteiger partial charge in [-0.15, -0.1) is 0 Å². The van der Waals surface area contributed by atoms with Crippen LogP contribution in [0.5, 0.6) is 0 Å². The van der Waals surface area contributed by atoms with Crippen molar-refractivity contribution in [1.29, 1.82) is 0 Å². The summed E-state index contributed by atoms with van der Waals surface area (Å²) in [5.74, 6) is -0.554. The molecule has 32 heavy (non-hydrogen) atoms. The molecule has 0 radical (unpaired) electrons. The Bertz CT molecular complexity index is 1560. The molecular formula is C23H22FN7O. The number of hydrogen-bond acceptors (Lipinski definition) is 5. The molecule has 1 aromatic carbocycles. The number of imidazole rings is 1. The second kappa shape index (κ2) is 7.30. The first-order chi connectivity index (χ1) is 15.4. The molecule has 0 unspecified atom stereocenters. The molecule has 0 amide bonds. The maximum absolute atomic E-state index is 13.9. The summed E-state index contributed by atoms with van der Waals surface area (Å²) in [6.45, 7) is 4.60.